The van der Waals surface area contributed by atoms with Crippen LogP contribution in [0.15, 0.2) is 42.5 Å². The van der Waals surface area contributed by atoms with Crippen molar-refractivity contribution in [3.8, 4) is 11.5 Å². The summed E-state index contributed by atoms with van der Waals surface area (Å²) < 4.78 is 10.7. The Morgan fingerprint density at radius 1 is 1.00 bits per heavy atom. The maximum atomic E-state index is 12.8. The summed E-state index contributed by atoms with van der Waals surface area (Å²) >= 11 is 0. The predicted molar refractivity (Wildman–Crippen MR) is 119 cm³/mol. The van der Waals surface area contributed by atoms with Gasteiger partial charge < -0.3 is 14.4 Å². The van der Waals surface area contributed by atoms with Crippen molar-refractivity contribution < 1.29 is 14.3 Å². The van der Waals surface area contributed by atoms with E-state index in [1.54, 1.807) is 14.2 Å². The van der Waals surface area contributed by atoms with Crippen LogP contribution in [-0.4, -0.2) is 74.6 Å². The molecule has 0 aliphatic carbocycles. The van der Waals surface area contributed by atoms with Crippen molar-refractivity contribution in [2.75, 3.05) is 54.0 Å². The summed E-state index contributed by atoms with van der Waals surface area (Å²) in [7, 11) is 5.26. The van der Waals surface area contributed by atoms with E-state index in [2.05, 4.69) is 36.1 Å². The molecular weight excluding hydrogens is 378 g/mol. The van der Waals surface area contributed by atoms with Crippen LogP contribution >= 0.6 is 0 Å². The zero-order chi connectivity index (χ0) is 21.5. The quantitative estimate of drug-likeness (QED) is 0.668. The maximum absolute atomic E-state index is 12.8. The zero-order valence-electron chi connectivity index (χ0n) is 18.6. The number of carbonyl (C=O) groups is 1. The van der Waals surface area contributed by atoms with Crippen molar-refractivity contribution in [3.05, 3.63) is 59.2 Å². The molecule has 6 heteroatoms. The van der Waals surface area contributed by atoms with Crippen LogP contribution in [0.25, 0.3) is 0 Å². The number of amides is 1. The van der Waals surface area contributed by atoms with E-state index < -0.39 is 0 Å². The molecule has 1 saturated heterocycles. The van der Waals surface area contributed by atoms with Gasteiger partial charge in [0.15, 0.2) is 0 Å². The average Bonchev–Trinajstić information content (AvgIpc) is 2.76. The molecule has 2 aromatic carbocycles. The van der Waals surface area contributed by atoms with Gasteiger partial charge in [0.1, 0.15) is 11.5 Å². The Hall–Kier alpha value is -2.57. The van der Waals surface area contributed by atoms with Crippen molar-refractivity contribution in [2.45, 2.75) is 20.0 Å². The van der Waals surface area contributed by atoms with E-state index in [4.69, 9.17) is 9.47 Å². The highest BCUT2D eigenvalue weighted by Crippen LogP contribution is 2.25. The summed E-state index contributed by atoms with van der Waals surface area (Å²) in [5.74, 6) is 1.72. The lowest BCUT2D eigenvalue weighted by atomic mass is 10.1. The molecular formula is C24H33N3O3. The Kier molecular flexibility index (Phi) is 7.71. The van der Waals surface area contributed by atoms with Gasteiger partial charge in [0.05, 0.1) is 20.8 Å². The number of methoxy groups -OCH3 is 2. The van der Waals surface area contributed by atoms with Gasteiger partial charge in [0, 0.05) is 50.9 Å². The number of hydrogen-bond donors (Lipinski definition) is 0. The molecule has 30 heavy (non-hydrogen) atoms. The fourth-order valence-corrected chi connectivity index (χ4v) is 3.84. The molecule has 6 nitrogen and oxygen atoms in total. The van der Waals surface area contributed by atoms with Crippen LogP contribution in [0.1, 0.15) is 16.7 Å². The zero-order valence-corrected chi connectivity index (χ0v) is 18.6. The van der Waals surface area contributed by atoms with Crippen LogP contribution in [0.2, 0.25) is 0 Å². The number of benzene rings is 2. The standard InChI is InChI=1S/C24H33N3O3/c1-19-7-5-6-8-20(19)17-26-11-13-27(14-12-26)24(28)18-25(2)16-21-9-10-22(29-3)15-23(21)30-4/h5-10,15H,11-14,16-18H2,1-4H3. The summed E-state index contributed by atoms with van der Waals surface area (Å²) in [6, 6.07) is 14.3. The molecule has 1 amide bonds. The third-order valence-electron chi connectivity index (χ3n) is 5.72. The second kappa shape index (κ2) is 10.5. The molecule has 2 aromatic rings. The highest BCUT2D eigenvalue weighted by molar-refractivity contribution is 5.78. The largest absolute Gasteiger partial charge is 0.497 e. The Bertz CT molecular complexity index is 847. The molecule has 0 bridgehead atoms. The first-order valence-corrected chi connectivity index (χ1v) is 10.4. The molecule has 0 spiro atoms. The van der Waals surface area contributed by atoms with E-state index in [1.807, 2.05) is 35.0 Å². The Morgan fingerprint density at radius 3 is 2.40 bits per heavy atom. The van der Waals surface area contributed by atoms with Crippen LogP contribution in [0, 0.1) is 6.92 Å². The molecule has 0 aromatic heterocycles. The normalized spacial score (nSPS) is 14.8. The van der Waals surface area contributed by atoms with E-state index in [0.717, 1.165) is 49.8 Å². The van der Waals surface area contributed by atoms with Crippen molar-refractivity contribution in [1.29, 1.82) is 0 Å². The lowest BCUT2D eigenvalue weighted by molar-refractivity contribution is -0.134. The minimum absolute atomic E-state index is 0.181. The monoisotopic (exact) mass is 411 g/mol. The summed E-state index contributed by atoms with van der Waals surface area (Å²) in [4.78, 5) is 19.2. The fraction of sp³-hybridized carbons (Fsp3) is 0.458. The van der Waals surface area contributed by atoms with E-state index in [-0.39, 0.29) is 5.91 Å². The number of piperazine rings is 1. The van der Waals surface area contributed by atoms with Crippen molar-refractivity contribution >= 4 is 5.91 Å². The topological polar surface area (TPSA) is 45.2 Å². The summed E-state index contributed by atoms with van der Waals surface area (Å²) in [6.45, 7) is 7.54. The van der Waals surface area contributed by atoms with Crippen LogP contribution in [-0.2, 0) is 17.9 Å². The fourth-order valence-electron chi connectivity index (χ4n) is 3.84. The maximum Gasteiger partial charge on any atom is 0.236 e. The molecule has 162 valence electrons. The SMILES string of the molecule is COc1ccc(CN(C)CC(=O)N2CCN(Cc3ccccc3C)CC2)c(OC)c1. The number of aryl methyl sites for hydroxylation is 1. The first-order chi connectivity index (χ1) is 14.5. The minimum atomic E-state index is 0.181. The van der Waals surface area contributed by atoms with Gasteiger partial charge in [-0.3, -0.25) is 14.6 Å². The first-order valence-electron chi connectivity index (χ1n) is 10.4. The van der Waals surface area contributed by atoms with Gasteiger partial charge in [0.2, 0.25) is 5.91 Å². The number of ether oxygens (including phenoxy) is 2. The second-order valence-corrected chi connectivity index (χ2v) is 7.93. The summed E-state index contributed by atoms with van der Waals surface area (Å²) in [5.41, 5.74) is 3.73. The molecule has 3 rings (SSSR count). The smallest absolute Gasteiger partial charge is 0.236 e. The highest BCUT2D eigenvalue weighted by atomic mass is 16.5. The van der Waals surface area contributed by atoms with Crippen molar-refractivity contribution in [2.24, 2.45) is 0 Å². The number of likely N-dealkylation sites (N-methyl/N-ethyl adjacent to an activating group) is 1. The van der Waals surface area contributed by atoms with Crippen molar-refractivity contribution in [3.63, 3.8) is 0 Å². The number of carbonyl (C=O) groups excluding carboxylic acids is 1. The molecule has 0 atom stereocenters. The Morgan fingerprint density at radius 2 is 1.73 bits per heavy atom. The lowest BCUT2D eigenvalue weighted by Gasteiger charge is -2.35. The van der Waals surface area contributed by atoms with E-state index in [1.165, 1.54) is 11.1 Å². The van der Waals surface area contributed by atoms with Crippen LogP contribution in [0.4, 0.5) is 0 Å². The van der Waals surface area contributed by atoms with Gasteiger partial charge in [-0.1, -0.05) is 30.3 Å². The lowest BCUT2D eigenvalue weighted by Crippen LogP contribution is -2.50. The number of nitrogens with zero attached hydrogens (tertiary/aromatic N) is 3. The third kappa shape index (κ3) is 5.74. The average molecular weight is 412 g/mol. The van der Waals surface area contributed by atoms with Crippen molar-refractivity contribution in [1.82, 2.24) is 14.7 Å². The third-order valence-corrected chi connectivity index (χ3v) is 5.72. The summed E-state index contributed by atoms with van der Waals surface area (Å²) in [6.07, 6.45) is 0. The molecule has 1 aliphatic rings. The first kappa shape index (κ1) is 22.1. The van der Waals surface area contributed by atoms with E-state index >= 15 is 0 Å². The molecule has 0 radical (unpaired) electrons. The summed E-state index contributed by atoms with van der Waals surface area (Å²) in [5, 5.41) is 0. The molecule has 1 heterocycles. The molecule has 1 fully saturated rings. The van der Waals surface area contributed by atoms with Gasteiger partial charge in [-0.25, -0.2) is 0 Å². The van der Waals surface area contributed by atoms with Crippen LogP contribution in [0.3, 0.4) is 0 Å². The number of rotatable bonds is 8. The minimum Gasteiger partial charge on any atom is -0.497 e. The Balaban J connectivity index is 1.48. The van der Waals surface area contributed by atoms with Crippen LogP contribution < -0.4 is 9.47 Å². The van der Waals surface area contributed by atoms with Gasteiger partial charge in [-0.05, 0) is 31.2 Å². The molecule has 0 saturated carbocycles. The van der Waals surface area contributed by atoms with Gasteiger partial charge >= 0.3 is 0 Å². The molecule has 0 unspecified atom stereocenters. The van der Waals surface area contributed by atoms with E-state index in [9.17, 15) is 4.79 Å². The molecule has 0 N–H and O–H groups in total. The number of hydrogen-bond acceptors (Lipinski definition) is 5. The van der Waals surface area contributed by atoms with Crippen LogP contribution in [0.5, 0.6) is 11.5 Å². The molecule has 1 aliphatic heterocycles. The predicted octanol–water partition coefficient (Wildman–Crippen LogP) is 2.79. The second-order valence-electron chi connectivity index (χ2n) is 7.93. The highest BCUT2D eigenvalue weighted by Gasteiger charge is 2.22. The van der Waals surface area contributed by atoms with E-state index in [0.29, 0.717) is 13.1 Å². The van der Waals surface area contributed by atoms with Gasteiger partial charge in [-0.15, -0.1) is 0 Å². The van der Waals surface area contributed by atoms with Gasteiger partial charge in [-0.2, -0.15) is 0 Å². The Labute approximate surface area is 180 Å². The van der Waals surface area contributed by atoms with Gasteiger partial charge in [0.25, 0.3) is 0 Å².